The average Bonchev–Trinajstić information content (AvgIpc) is 3.23. The van der Waals surface area contributed by atoms with E-state index in [1.165, 1.54) is 30.6 Å². The summed E-state index contributed by atoms with van der Waals surface area (Å²) in [5, 5.41) is 3.54. The Labute approximate surface area is 150 Å². The predicted molar refractivity (Wildman–Crippen MR) is 94.0 cm³/mol. The van der Waals surface area contributed by atoms with Crippen LogP contribution in [0, 0.1) is 12.7 Å². The largest absolute Gasteiger partial charge is 0.472 e. The van der Waals surface area contributed by atoms with Gasteiger partial charge in [-0.1, -0.05) is 0 Å². The highest BCUT2D eigenvalue weighted by Crippen LogP contribution is 2.34. The van der Waals surface area contributed by atoms with Gasteiger partial charge in [0.1, 0.15) is 12.4 Å². The lowest BCUT2D eigenvalue weighted by atomic mass is 9.98. The molecule has 4 rings (SSSR count). The maximum absolute atomic E-state index is 14.2. The minimum absolute atomic E-state index is 0.123. The van der Waals surface area contributed by atoms with E-state index >= 15 is 0 Å². The molecule has 3 atom stereocenters. The molecule has 0 amide bonds. The maximum atomic E-state index is 14.2. The molecular weight excluding hydrogens is 341 g/mol. The molecule has 2 aliphatic heterocycles. The number of aromatic nitrogens is 2. The minimum Gasteiger partial charge on any atom is -0.472 e. The number of hydrogen-bond acceptors (Lipinski definition) is 6. The van der Waals surface area contributed by atoms with E-state index in [1.54, 1.807) is 6.07 Å². The zero-order valence-electron chi connectivity index (χ0n) is 14.2. The zero-order valence-corrected chi connectivity index (χ0v) is 15.0. The van der Waals surface area contributed by atoms with E-state index in [1.807, 2.05) is 19.2 Å². The molecule has 2 aliphatic rings. The second-order valence-electron chi connectivity index (χ2n) is 6.45. The molecule has 1 aromatic heterocycles. The summed E-state index contributed by atoms with van der Waals surface area (Å²) in [4.78, 5) is 9.22. The molecule has 0 radical (unpaired) electrons. The van der Waals surface area contributed by atoms with E-state index in [2.05, 4.69) is 15.3 Å². The van der Waals surface area contributed by atoms with Gasteiger partial charge < -0.3 is 14.8 Å². The van der Waals surface area contributed by atoms with Gasteiger partial charge in [-0.05, 0) is 44.2 Å². The number of benzene rings is 1. The molecule has 3 heterocycles. The van der Waals surface area contributed by atoms with Gasteiger partial charge in [-0.2, -0.15) is 0 Å². The van der Waals surface area contributed by atoms with Crippen LogP contribution in [0.5, 0.6) is 17.5 Å². The standard InChI is InChI=1S/C18H20FN3O2S/c1-10-17(23-15-6-4-12(25-2)8-13(15)19)20-9-21-18(10)24-16-7-11-3-5-14(16)22-11/h4,6,8-9,11,14,16,22H,3,5,7H2,1-2H3. The van der Waals surface area contributed by atoms with Crippen LogP contribution < -0.4 is 14.8 Å². The summed E-state index contributed by atoms with van der Waals surface area (Å²) in [7, 11) is 0. The molecule has 0 spiro atoms. The van der Waals surface area contributed by atoms with Gasteiger partial charge in [-0.15, -0.1) is 11.8 Å². The first-order chi connectivity index (χ1) is 12.1. The number of hydrogen-bond donors (Lipinski definition) is 1. The molecule has 2 fully saturated rings. The molecule has 0 saturated carbocycles. The molecule has 0 aliphatic carbocycles. The monoisotopic (exact) mass is 361 g/mol. The first kappa shape index (κ1) is 16.6. The summed E-state index contributed by atoms with van der Waals surface area (Å²) in [6.45, 7) is 1.83. The SMILES string of the molecule is CSc1ccc(Oc2ncnc(OC3CC4CCC3N4)c2C)c(F)c1. The lowest BCUT2D eigenvalue weighted by Gasteiger charge is -2.22. The van der Waals surface area contributed by atoms with Crippen LogP contribution in [-0.2, 0) is 0 Å². The molecule has 2 aromatic rings. The van der Waals surface area contributed by atoms with Crippen molar-refractivity contribution in [3.8, 4) is 17.5 Å². The second-order valence-corrected chi connectivity index (χ2v) is 7.33. The predicted octanol–water partition coefficient (Wildman–Crippen LogP) is 3.71. The Bertz CT molecular complexity index is 789. The maximum Gasteiger partial charge on any atom is 0.229 e. The lowest BCUT2D eigenvalue weighted by Crippen LogP contribution is -2.32. The Hall–Kier alpha value is -1.86. The van der Waals surface area contributed by atoms with Gasteiger partial charge in [-0.3, -0.25) is 0 Å². The molecule has 5 nitrogen and oxygen atoms in total. The fraction of sp³-hybridized carbons (Fsp3) is 0.444. The van der Waals surface area contributed by atoms with Crippen LogP contribution in [0.25, 0.3) is 0 Å². The fourth-order valence-electron chi connectivity index (χ4n) is 3.48. The lowest BCUT2D eigenvalue weighted by molar-refractivity contribution is 0.161. The summed E-state index contributed by atoms with van der Waals surface area (Å²) in [6.07, 6.45) is 6.76. The van der Waals surface area contributed by atoms with E-state index in [-0.39, 0.29) is 11.9 Å². The van der Waals surface area contributed by atoms with E-state index in [4.69, 9.17) is 9.47 Å². The fourth-order valence-corrected chi connectivity index (χ4v) is 3.91. The normalized spacial score (nSPS) is 24.5. The molecule has 3 unspecified atom stereocenters. The van der Waals surface area contributed by atoms with E-state index in [0.29, 0.717) is 29.4 Å². The van der Waals surface area contributed by atoms with Gasteiger partial charge in [0.15, 0.2) is 11.6 Å². The van der Waals surface area contributed by atoms with Gasteiger partial charge >= 0.3 is 0 Å². The van der Waals surface area contributed by atoms with Crippen LogP contribution in [0.3, 0.4) is 0 Å². The van der Waals surface area contributed by atoms with Crippen molar-refractivity contribution in [3.63, 3.8) is 0 Å². The van der Waals surface area contributed by atoms with E-state index in [0.717, 1.165) is 17.7 Å². The number of rotatable bonds is 5. The minimum atomic E-state index is -0.412. The van der Waals surface area contributed by atoms with Crippen LogP contribution in [0.1, 0.15) is 24.8 Å². The molecule has 1 N–H and O–H groups in total. The second kappa shape index (κ2) is 6.80. The van der Waals surface area contributed by atoms with Gasteiger partial charge in [0, 0.05) is 23.4 Å². The molecule has 1 aromatic carbocycles. The summed E-state index contributed by atoms with van der Waals surface area (Å²) >= 11 is 1.48. The van der Waals surface area contributed by atoms with Crippen molar-refractivity contribution >= 4 is 11.8 Å². The van der Waals surface area contributed by atoms with E-state index < -0.39 is 5.82 Å². The van der Waals surface area contributed by atoms with Crippen molar-refractivity contribution in [2.45, 2.75) is 49.3 Å². The highest BCUT2D eigenvalue weighted by atomic mass is 32.2. The summed E-state index contributed by atoms with van der Waals surface area (Å²) in [5.74, 6) is 0.555. The van der Waals surface area contributed by atoms with Gasteiger partial charge in [-0.25, -0.2) is 14.4 Å². The van der Waals surface area contributed by atoms with Gasteiger partial charge in [0.25, 0.3) is 0 Å². The Morgan fingerprint density at radius 1 is 1.24 bits per heavy atom. The quantitative estimate of drug-likeness (QED) is 0.820. The first-order valence-corrected chi connectivity index (χ1v) is 9.62. The Morgan fingerprint density at radius 2 is 2.08 bits per heavy atom. The number of nitrogens with one attached hydrogen (secondary N) is 1. The Balaban J connectivity index is 1.53. The van der Waals surface area contributed by atoms with Crippen molar-refractivity contribution in [1.82, 2.24) is 15.3 Å². The highest BCUT2D eigenvalue weighted by Gasteiger charge is 2.41. The Kier molecular flexibility index (Phi) is 4.52. The summed E-state index contributed by atoms with van der Waals surface area (Å²) < 4.78 is 25.9. The number of halogens is 1. The van der Waals surface area contributed by atoms with Crippen LogP contribution >= 0.6 is 11.8 Å². The molecule has 2 saturated heterocycles. The molecule has 7 heteroatoms. The molecule has 132 valence electrons. The Morgan fingerprint density at radius 3 is 2.76 bits per heavy atom. The molecule has 25 heavy (non-hydrogen) atoms. The zero-order chi connectivity index (χ0) is 17.4. The van der Waals surface area contributed by atoms with Crippen molar-refractivity contribution < 1.29 is 13.9 Å². The van der Waals surface area contributed by atoms with Crippen molar-refractivity contribution in [1.29, 1.82) is 0 Å². The smallest absolute Gasteiger partial charge is 0.229 e. The van der Waals surface area contributed by atoms with Crippen LogP contribution in [-0.4, -0.2) is 34.4 Å². The van der Waals surface area contributed by atoms with Crippen LogP contribution in [0.15, 0.2) is 29.4 Å². The first-order valence-electron chi connectivity index (χ1n) is 8.39. The molecule has 2 bridgehead atoms. The van der Waals surface area contributed by atoms with Crippen LogP contribution in [0.2, 0.25) is 0 Å². The average molecular weight is 361 g/mol. The third kappa shape index (κ3) is 3.30. The van der Waals surface area contributed by atoms with Gasteiger partial charge in [0.05, 0.1) is 5.56 Å². The van der Waals surface area contributed by atoms with Crippen molar-refractivity contribution in [2.24, 2.45) is 0 Å². The summed E-state index contributed by atoms with van der Waals surface area (Å²) in [6, 6.07) is 5.83. The highest BCUT2D eigenvalue weighted by molar-refractivity contribution is 7.98. The van der Waals surface area contributed by atoms with Gasteiger partial charge in [0.2, 0.25) is 11.8 Å². The third-order valence-corrected chi connectivity index (χ3v) is 5.57. The summed E-state index contributed by atoms with van der Waals surface area (Å²) in [5.41, 5.74) is 0.679. The van der Waals surface area contributed by atoms with E-state index in [9.17, 15) is 4.39 Å². The van der Waals surface area contributed by atoms with Crippen molar-refractivity contribution in [2.75, 3.05) is 6.26 Å². The van der Waals surface area contributed by atoms with Crippen LogP contribution in [0.4, 0.5) is 4.39 Å². The number of fused-ring (bicyclic) bond motifs is 2. The number of ether oxygens (including phenoxy) is 2. The number of nitrogens with zero attached hydrogens (tertiary/aromatic N) is 2. The number of thioether (sulfide) groups is 1. The van der Waals surface area contributed by atoms with Crippen molar-refractivity contribution in [3.05, 3.63) is 35.9 Å². The molecular formula is C18H20FN3O2S. The topological polar surface area (TPSA) is 56.3 Å². The third-order valence-electron chi connectivity index (χ3n) is 4.84.